The molecule has 6 heteroatoms. The number of sulfone groups is 1. The second kappa shape index (κ2) is 5.83. The van der Waals surface area contributed by atoms with E-state index < -0.39 is 21.1 Å². The minimum absolute atomic E-state index is 0.0835. The first kappa shape index (κ1) is 14.8. The summed E-state index contributed by atoms with van der Waals surface area (Å²) in [4.78, 5) is 11.2. The molecule has 0 fully saturated rings. The van der Waals surface area contributed by atoms with Crippen molar-refractivity contribution < 1.29 is 22.7 Å². The molecule has 0 bridgehead atoms. The summed E-state index contributed by atoms with van der Waals surface area (Å²) in [5.74, 6) is 0.143. The van der Waals surface area contributed by atoms with Crippen molar-refractivity contribution in [3.8, 4) is 5.75 Å². The third-order valence-electron chi connectivity index (χ3n) is 3.43. The molecule has 1 aromatic rings. The molecule has 1 aliphatic rings. The number of esters is 1. The summed E-state index contributed by atoms with van der Waals surface area (Å²) in [7, 11) is -2.14. The third kappa shape index (κ3) is 3.30. The van der Waals surface area contributed by atoms with E-state index in [2.05, 4.69) is 4.74 Å². The molecule has 5 nitrogen and oxygen atoms in total. The summed E-state index contributed by atoms with van der Waals surface area (Å²) < 4.78 is 34.5. The van der Waals surface area contributed by atoms with Gasteiger partial charge in [-0.2, -0.15) is 0 Å². The van der Waals surface area contributed by atoms with Gasteiger partial charge in [0, 0.05) is 6.42 Å². The summed E-state index contributed by atoms with van der Waals surface area (Å²) >= 11 is 0. The fraction of sp³-hybridized carbons (Fsp3) is 0.500. The molecular formula is C14H18O5S. The van der Waals surface area contributed by atoms with Gasteiger partial charge in [-0.25, -0.2) is 8.42 Å². The summed E-state index contributed by atoms with van der Waals surface area (Å²) in [5, 5.41) is -0.762. The molecule has 0 saturated heterocycles. The quantitative estimate of drug-likeness (QED) is 0.768. The zero-order chi connectivity index (χ0) is 14.8. The Labute approximate surface area is 118 Å². The summed E-state index contributed by atoms with van der Waals surface area (Å²) in [6, 6.07) is 7.52. The standard InChI is InChI=1S/C14H18O5S/c1-10(7-14(15)18-2)20(16,17)9-12-8-11-5-3-4-6-13(11)19-12/h3-6,10,12H,7-9H2,1-2H3. The van der Waals surface area contributed by atoms with Crippen molar-refractivity contribution in [1.82, 2.24) is 0 Å². The molecule has 20 heavy (non-hydrogen) atoms. The molecule has 1 aliphatic heterocycles. The van der Waals surface area contributed by atoms with Gasteiger partial charge in [-0.1, -0.05) is 18.2 Å². The average Bonchev–Trinajstić information content (AvgIpc) is 2.79. The van der Waals surface area contributed by atoms with Gasteiger partial charge in [0.25, 0.3) is 0 Å². The van der Waals surface area contributed by atoms with Crippen LogP contribution >= 0.6 is 0 Å². The van der Waals surface area contributed by atoms with Gasteiger partial charge in [-0.15, -0.1) is 0 Å². The van der Waals surface area contributed by atoms with E-state index >= 15 is 0 Å². The van der Waals surface area contributed by atoms with Crippen LogP contribution in [0.2, 0.25) is 0 Å². The van der Waals surface area contributed by atoms with E-state index in [1.807, 2.05) is 24.3 Å². The van der Waals surface area contributed by atoms with Crippen molar-refractivity contribution in [3.63, 3.8) is 0 Å². The van der Waals surface area contributed by atoms with Crippen LogP contribution in [0, 0.1) is 0 Å². The second-order valence-corrected chi connectivity index (χ2v) is 7.44. The molecule has 0 amide bonds. The first-order chi connectivity index (χ1) is 9.42. The lowest BCUT2D eigenvalue weighted by atomic mass is 10.1. The molecule has 1 heterocycles. The predicted octanol–water partition coefficient (Wildman–Crippen LogP) is 1.36. The SMILES string of the molecule is COC(=O)CC(C)S(=O)(=O)CC1Cc2ccccc2O1. The molecular weight excluding hydrogens is 280 g/mol. The number of fused-ring (bicyclic) bond motifs is 1. The van der Waals surface area contributed by atoms with Gasteiger partial charge in [0.05, 0.1) is 24.5 Å². The first-order valence-electron chi connectivity index (χ1n) is 6.45. The Morgan fingerprint density at radius 1 is 1.45 bits per heavy atom. The highest BCUT2D eigenvalue weighted by atomic mass is 32.2. The van der Waals surface area contributed by atoms with E-state index in [-0.39, 0.29) is 18.3 Å². The highest BCUT2D eigenvalue weighted by Gasteiger charge is 2.31. The van der Waals surface area contributed by atoms with Crippen molar-refractivity contribution in [2.45, 2.75) is 31.1 Å². The van der Waals surface area contributed by atoms with Crippen LogP contribution in [-0.2, 0) is 25.8 Å². The Morgan fingerprint density at radius 3 is 2.80 bits per heavy atom. The lowest BCUT2D eigenvalue weighted by Crippen LogP contribution is -2.32. The molecule has 2 rings (SSSR count). The van der Waals surface area contributed by atoms with E-state index in [1.165, 1.54) is 14.0 Å². The van der Waals surface area contributed by atoms with Gasteiger partial charge in [-0.3, -0.25) is 4.79 Å². The van der Waals surface area contributed by atoms with Crippen molar-refractivity contribution in [1.29, 1.82) is 0 Å². The average molecular weight is 298 g/mol. The van der Waals surface area contributed by atoms with Crippen molar-refractivity contribution in [2.75, 3.05) is 12.9 Å². The van der Waals surface area contributed by atoms with Crippen LogP contribution in [0.1, 0.15) is 18.9 Å². The highest BCUT2D eigenvalue weighted by molar-refractivity contribution is 7.92. The maximum Gasteiger partial charge on any atom is 0.306 e. The smallest absolute Gasteiger partial charge is 0.306 e. The minimum atomic E-state index is -3.39. The lowest BCUT2D eigenvalue weighted by molar-refractivity contribution is -0.140. The van der Waals surface area contributed by atoms with E-state index in [0.29, 0.717) is 6.42 Å². The maximum absolute atomic E-state index is 12.2. The Balaban J connectivity index is 1.99. The fourth-order valence-corrected chi connectivity index (χ4v) is 3.64. The zero-order valence-electron chi connectivity index (χ0n) is 11.5. The van der Waals surface area contributed by atoms with E-state index in [1.54, 1.807) is 0 Å². The molecule has 2 unspecified atom stereocenters. The van der Waals surface area contributed by atoms with E-state index in [0.717, 1.165) is 11.3 Å². The monoisotopic (exact) mass is 298 g/mol. The second-order valence-electron chi connectivity index (χ2n) is 4.97. The van der Waals surface area contributed by atoms with E-state index in [4.69, 9.17) is 4.74 Å². The van der Waals surface area contributed by atoms with Crippen LogP contribution in [0.5, 0.6) is 5.75 Å². The highest BCUT2D eigenvalue weighted by Crippen LogP contribution is 2.29. The number of rotatable bonds is 5. The van der Waals surface area contributed by atoms with Crippen LogP contribution in [0.25, 0.3) is 0 Å². The normalized spacial score (nSPS) is 19.0. The molecule has 0 spiro atoms. The minimum Gasteiger partial charge on any atom is -0.489 e. The number of benzene rings is 1. The molecule has 2 atom stereocenters. The van der Waals surface area contributed by atoms with Gasteiger partial charge in [0.1, 0.15) is 11.9 Å². The summed E-state index contributed by atoms with van der Waals surface area (Å²) in [6.45, 7) is 1.52. The number of hydrogen-bond acceptors (Lipinski definition) is 5. The zero-order valence-corrected chi connectivity index (χ0v) is 12.4. The number of carbonyl (C=O) groups excluding carboxylic acids is 1. The van der Waals surface area contributed by atoms with Gasteiger partial charge >= 0.3 is 5.97 Å². The van der Waals surface area contributed by atoms with Crippen molar-refractivity contribution >= 4 is 15.8 Å². The number of methoxy groups -OCH3 is 1. The lowest BCUT2D eigenvalue weighted by Gasteiger charge is -2.15. The van der Waals surface area contributed by atoms with Crippen molar-refractivity contribution in [3.05, 3.63) is 29.8 Å². The Hall–Kier alpha value is -1.56. The number of para-hydroxylation sites is 1. The van der Waals surface area contributed by atoms with Gasteiger partial charge < -0.3 is 9.47 Å². The van der Waals surface area contributed by atoms with Gasteiger partial charge in [-0.05, 0) is 18.6 Å². The van der Waals surface area contributed by atoms with Crippen LogP contribution in [0.15, 0.2) is 24.3 Å². The van der Waals surface area contributed by atoms with Crippen LogP contribution in [-0.4, -0.2) is 38.6 Å². The van der Waals surface area contributed by atoms with Crippen LogP contribution < -0.4 is 4.74 Å². The van der Waals surface area contributed by atoms with Crippen molar-refractivity contribution in [2.24, 2.45) is 0 Å². The number of carbonyl (C=O) groups is 1. The molecule has 0 aliphatic carbocycles. The predicted molar refractivity (Wildman–Crippen MR) is 74.4 cm³/mol. The van der Waals surface area contributed by atoms with Crippen LogP contribution in [0.3, 0.4) is 0 Å². The molecule has 1 aromatic carbocycles. The first-order valence-corrected chi connectivity index (χ1v) is 8.17. The Morgan fingerprint density at radius 2 is 2.15 bits per heavy atom. The summed E-state index contributed by atoms with van der Waals surface area (Å²) in [6.07, 6.45) is 0.0799. The van der Waals surface area contributed by atoms with Gasteiger partial charge in [0.2, 0.25) is 0 Å². The Kier molecular flexibility index (Phi) is 4.32. The summed E-state index contributed by atoms with van der Waals surface area (Å²) in [5.41, 5.74) is 1.02. The Bertz CT molecular complexity index is 568. The molecule has 0 N–H and O–H groups in total. The molecule has 110 valence electrons. The third-order valence-corrected chi connectivity index (χ3v) is 5.66. The fourth-order valence-electron chi connectivity index (χ4n) is 2.22. The molecule has 0 saturated carbocycles. The maximum atomic E-state index is 12.2. The topological polar surface area (TPSA) is 69.7 Å². The van der Waals surface area contributed by atoms with E-state index in [9.17, 15) is 13.2 Å². The van der Waals surface area contributed by atoms with Gasteiger partial charge in [0.15, 0.2) is 9.84 Å². The molecule has 0 aromatic heterocycles. The number of ether oxygens (including phenoxy) is 2. The largest absolute Gasteiger partial charge is 0.489 e. The molecule has 0 radical (unpaired) electrons. The van der Waals surface area contributed by atoms with Crippen LogP contribution in [0.4, 0.5) is 0 Å². The number of hydrogen-bond donors (Lipinski definition) is 0.